The fourth-order valence-electron chi connectivity index (χ4n) is 3.84. The summed E-state index contributed by atoms with van der Waals surface area (Å²) in [5.74, 6) is 0.498. The van der Waals surface area contributed by atoms with Gasteiger partial charge < -0.3 is 10.2 Å². The van der Waals surface area contributed by atoms with Crippen LogP contribution in [-0.4, -0.2) is 34.6 Å². The summed E-state index contributed by atoms with van der Waals surface area (Å²) in [5.41, 5.74) is 2.06. The number of hydrogen-bond acceptors (Lipinski definition) is 3. The molecule has 1 unspecified atom stereocenters. The van der Waals surface area contributed by atoms with E-state index < -0.39 is 6.04 Å². The molecule has 0 saturated heterocycles. The number of carbonyl (C=O) groups is 2. The van der Waals surface area contributed by atoms with Crippen LogP contribution in [0.2, 0.25) is 10.0 Å². The summed E-state index contributed by atoms with van der Waals surface area (Å²) < 4.78 is 0. The molecule has 4 nitrogen and oxygen atoms in total. The molecule has 1 fully saturated rings. The maximum Gasteiger partial charge on any atom is 0.242 e. The molecule has 0 aromatic heterocycles. The lowest BCUT2D eigenvalue weighted by molar-refractivity contribution is -0.140. The van der Waals surface area contributed by atoms with Crippen molar-refractivity contribution in [3.8, 4) is 0 Å². The molecule has 0 bridgehead atoms. The Hall–Kier alpha value is -1.69. The zero-order chi connectivity index (χ0) is 23.1. The first kappa shape index (κ1) is 24.9. The zero-order valence-corrected chi connectivity index (χ0v) is 20.9. The van der Waals surface area contributed by atoms with Crippen molar-refractivity contribution in [2.75, 3.05) is 5.75 Å². The predicted molar refractivity (Wildman–Crippen MR) is 133 cm³/mol. The maximum atomic E-state index is 13.2. The Morgan fingerprint density at radius 3 is 2.44 bits per heavy atom. The number of benzene rings is 2. The van der Waals surface area contributed by atoms with Crippen molar-refractivity contribution in [3.05, 3.63) is 63.6 Å². The third-order valence-electron chi connectivity index (χ3n) is 5.81. The van der Waals surface area contributed by atoms with E-state index in [2.05, 4.69) is 36.5 Å². The number of hydrogen-bond donors (Lipinski definition) is 1. The first-order valence-corrected chi connectivity index (χ1v) is 12.8. The van der Waals surface area contributed by atoms with Crippen LogP contribution in [0.15, 0.2) is 47.4 Å². The second-order valence-corrected chi connectivity index (χ2v) is 10.3. The number of carbonyl (C=O) groups excluding carboxylic acids is 2. The van der Waals surface area contributed by atoms with Gasteiger partial charge in [-0.15, -0.1) is 11.8 Å². The highest BCUT2D eigenvalue weighted by atomic mass is 35.5. The van der Waals surface area contributed by atoms with E-state index in [4.69, 9.17) is 23.2 Å². The molecule has 3 rings (SSSR count). The molecule has 0 radical (unpaired) electrons. The lowest BCUT2D eigenvalue weighted by Crippen LogP contribution is -2.49. The van der Waals surface area contributed by atoms with Crippen LogP contribution >= 0.6 is 35.0 Å². The summed E-state index contributed by atoms with van der Waals surface area (Å²) in [7, 11) is 0. The van der Waals surface area contributed by atoms with Crippen LogP contribution in [-0.2, 0) is 16.1 Å². The lowest BCUT2D eigenvalue weighted by Gasteiger charge is -2.30. The van der Waals surface area contributed by atoms with Crippen LogP contribution in [0.5, 0.6) is 0 Å². The highest BCUT2D eigenvalue weighted by Gasteiger charge is 2.28. The van der Waals surface area contributed by atoms with Crippen LogP contribution in [0, 0.1) is 6.92 Å². The molecule has 0 spiro atoms. The fraction of sp³-hybridized carbons (Fsp3) is 0.440. The van der Waals surface area contributed by atoms with Crippen molar-refractivity contribution in [1.82, 2.24) is 10.2 Å². The summed E-state index contributed by atoms with van der Waals surface area (Å²) in [4.78, 5) is 28.9. The fourth-order valence-corrected chi connectivity index (χ4v) is 5.01. The van der Waals surface area contributed by atoms with Gasteiger partial charge in [-0.1, -0.05) is 59.8 Å². The van der Waals surface area contributed by atoms with Crippen molar-refractivity contribution in [2.45, 2.75) is 69.5 Å². The quantitative estimate of drug-likeness (QED) is 0.420. The van der Waals surface area contributed by atoms with Crippen molar-refractivity contribution in [3.63, 3.8) is 0 Å². The van der Waals surface area contributed by atoms with E-state index in [-0.39, 0.29) is 17.9 Å². The minimum absolute atomic E-state index is 0.0512. The van der Waals surface area contributed by atoms with E-state index in [9.17, 15) is 9.59 Å². The highest BCUT2D eigenvalue weighted by Crippen LogP contribution is 2.25. The third-order valence-corrected chi connectivity index (χ3v) is 7.56. The summed E-state index contributed by atoms with van der Waals surface area (Å²) in [5, 5.41) is 4.03. The van der Waals surface area contributed by atoms with Gasteiger partial charge in [0.1, 0.15) is 6.04 Å². The Morgan fingerprint density at radius 1 is 1.09 bits per heavy atom. The monoisotopic (exact) mass is 492 g/mol. The van der Waals surface area contributed by atoms with E-state index in [0.717, 1.165) is 36.1 Å². The van der Waals surface area contributed by atoms with Gasteiger partial charge in [0, 0.05) is 29.7 Å². The van der Waals surface area contributed by atoms with Crippen LogP contribution in [0.1, 0.15) is 50.2 Å². The van der Waals surface area contributed by atoms with Gasteiger partial charge >= 0.3 is 0 Å². The highest BCUT2D eigenvalue weighted by molar-refractivity contribution is 7.99. The van der Waals surface area contributed by atoms with Gasteiger partial charge in [0.2, 0.25) is 11.8 Å². The van der Waals surface area contributed by atoms with E-state index in [0.29, 0.717) is 28.8 Å². The van der Waals surface area contributed by atoms with Gasteiger partial charge in [-0.3, -0.25) is 9.59 Å². The van der Waals surface area contributed by atoms with Crippen molar-refractivity contribution in [2.24, 2.45) is 0 Å². The molecule has 2 aromatic carbocycles. The van der Waals surface area contributed by atoms with E-state index in [1.807, 2.05) is 6.07 Å². The standard InChI is InChI=1S/C25H30Cl2N2O2S/c1-17-7-10-21(11-8-17)32-14-13-24(30)29(16-19-9-12-22(26)23(27)15-19)18(2)25(31)28-20-5-3-4-6-20/h7-12,15,18,20H,3-6,13-14,16H2,1-2H3,(H,28,31). The molecule has 2 aromatic rings. The van der Waals surface area contributed by atoms with Crippen LogP contribution in [0.25, 0.3) is 0 Å². The summed E-state index contributed by atoms with van der Waals surface area (Å²) in [6.45, 7) is 4.16. The Bertz CT molecular complexity index is 930. The van der Waals surface area contributed by atoms with Crippen LogP contribution in [0.4, 0.5) is 0 Å². The van der Waals surface area contributed by atoms with Gasteiger partial charge in [-0.25, -0.2) is 0 Å². The van der Waals surface area contributed by atoms with Crippen LogP contribution in [0.3, 0.4) is 0 Å². The average molecular weight is 494 g/mol. The van der Waals surface area contributed by atoms with E-state index in [1.54, 1.807) is 35.7 Å². The van der Waals surface area contributed by atoms with Gasteiger partial charge in [0.15, 0.2) is 0 Å². The van der Waals surface area contributed by atoms with Gasteiger partial charge in [-0.2, -0.15) is 0 Å². The molecule has 2 amide bonds. The van der Waals surface area contributed by atoms with E-state index >= 15 is 0 Å². The molecule has 1 atom stereocenters. The number of halogens is 2. The molecule has 1 aliphatic rings. The second-order valence-electron chi connectivity index (χ2n) is 8.35. The summed E-state index contributed by atoms with van der Waals surface area (Å²) >= 11 is 13.9. The first-order valence-electron chi connectivity index (χ1n) is 11.1. The van der Waals surface area contributed by atoms with Gasteiger partial charge in [0.05, 0.1) is 10.0 Å². The number of thioether (sulfide) groups is 1. The SMILES string of the molecule is Cc1ccc(SCCC(=O)N(Cc2ccc(Cl)c(Cl)c2)C(C)C(=O)NC2CCCC2)cc1. The largest absolute Gasteiger partial charge is 0.352 e. The molecular weight excluding hydrogens is 463 g/mol. The third kappa shape index (κ3) is 7.16. The number of aryl methyl sites for hydroxylation is 1. The molecule has 1 aliphatic carbocycles. The number of nitrogens with zero attached hydrogens (tertiary/aromatic N) is 1. The normalized spacial score (nSPS) is 14.9. The molecule has 1 saturated carbocycles. The van der Waals surface area contributed by atoms with Gasteiger partial charge in [-0.05, 0) is 56.5 Å². The molecule has 1 N–H and O–H groups in total. The molecule has 7 heteroatoms. The summed E-state index contributed by atoms with van der Waals surface area (Å²) in [6, 6.07) is 13.2. The van der Waals surface area contributed by atoms with Gasteiger partial charge in [0.25, 0.3) is 0 Å². The van der Waals surface area contributed by atoms with E-state index in [1.165, 1.54) is 5.56 Å². The Balaban J connectivity index is 1.67. The Labute approximate surface area is 205 Å². The molecular formula is C25H30Cl2N2O2S. The summed E-state index contributed by atoms with van der Waals surface area (Å²) in [6.07, 6.45) is 4.64. The smallest absolute Gasteiger partial charge is 0.242 e. The lowest BCUT2D eigenvalue weighted by atomic mass is 10.1. The average Bonchev–Trinajstić information content (AvgIpc) is 3.28. The maximum absolute atomic E-state index is 13.2. The van der Waals surface area contributed by atoms with Crippen LogP contribution < -0.4 is 5.32 Å². The zero-order valence-electron chi connectivity index (χ0n) is 18.6. The molecule has 32 heavy (non-hydrogen) atoms. The number of rotatable bonds is 9. The topological polar surface area (TPSA) is 49.4 Å². The van der Waals surface area contributed by atoms with Crippen molar-refractivity contribution >= 4 is 46.8 Å². The van der Waals surface area contributed by atoms with Crippen molar-refractivity contribution in [1.29, 1.82) is 0 Å². The number of amides is 2. The molecule has 0 heterocycles. The Kier molecular flexibility index (Phi) is 9.33. The predicted octanol–water partition coefficient (Wildman–Crippen LogP) is 6.26. The Morgan fingerprint density at radius 2 is 1.78 bits per heavy atom. The van der Waals surface area contributed by atoms with Crippen molar-refractivity contribution < 1.29 is 9.59 Å². The minimum atomic E-state index is -0.568. The second kappa shape index (κ2) is 12.0. The number of nitrogens with one attached hydrogen (secondary N) is 1. The minimum Gasteiger partial charge on any atom is -0.352 e. The first-order chi connectivity index (χ1) is 15.3. The molecule has 0 aliphatic heterocycles. The molecule has 172 valence electrons.